The molecule has 3 aromatic carbocycles. The number of carbonyl (C=O) groups is 1. The molecule has 2 fully saturated rings. The van der Waals surface area contributed by atoms with Crippen LogP contribution in [-0.2, 0) is 24.4 Å². The second kappa shape index (κ2) is 14.3. The number of aromatic nitrogens is 5. The molecule has 0 aliphatic carbocycles. The zero-order valence-corrected chi connectivity index (χ0v) is 29.6. The van der Waals surface area contributed by atoms with Gasteiger partial charge in [-0.3, -0.25) is 14.8 Å². The van der Waals surface area contributed by atoms with Gasteiger partial charge in [0, 0.05) is 46.1 Å². The van der Waals surface area contributed by atoms with E-state index in [9.17, 15) is 9.18 Å². The van der Waals surface area contributed by atoms with Gasteiger partial charge in [0.2, 0.25) is 5.88 Å². The van der Waals surface area contributed by atoms with Crippen LogP contribution >= 0.6 is 11.6 Å². The smallest absolute Gasteiger partial charge is 0.255 e. The molecule has 3 aromatic heterocycles. The summed E-state index contributed by atoms with van der Waals surface area (Å²) in [6.45, 7) is 7.45. The van der Waals surface area contributed by atoms with Crippen molar-refractivity contribution in [2.24, 2.45) is 0 Å². The standard InChI is InChI=1S/C39H38ClF2N7O3/c1-22-16-32(37(42)36-23(2)46-47-38(22)36)45-39(50)25-7-9-33-31(17-25)43-34(49(33)19-28-12-15-51-28)20-48-13-10-24(11-14-48)30-4-3-5-35(44-30)52-21-26-6-8-27(40)18-29(26)41/h3-9,16-18,24,28H,10-15,19-21H2,1-2H3,(H,45,50)(H,46,47)/t28-/m0/s1. The highest BCUT2D eigenvalue weighted by molar-refractivity contribution is 6.30. The molecule has 0 unspecified atom stereocenters. The number of hydrogen-bond acceptors (Lipinski definition) is 7. The summed E-state index contributed by atoms with van der Waals surface area (Å²) >= 11 is 5.88. The van der Waals surface area contributed by atoms with Crippen LogP contribution in [0, 0.1) is 25.5 Å². The molecule has 0 saturated carbocycles. The number of rotatable bonds is 10. The summed E-state index contributed by atoms with van der Waals surface area (Å²) < 4.78 is 43.5. The molecule has 1 atom stereocenters. The van der Waals surface area contributed by atoms with Crippen LogP contribution in [0.5, 0.6) is 5.88 Å². The predicted octanol–water partition coefficient (Wildman–Crippen LogP) is 7.86. The summed E-state index contributed by atoms with van der Waals surface area (Å²) in [5.74, 6) is 0.302. The van der Waals surface area contributed by atoms with Crippen LogP contribution in [0.1, 0.15) is 63.9 Å². The second-order valence-electron chi connectivity index (χ2n) is 13.7. The first kappa shape index (κ1) is 34.2. The van der Waals surface area contributed by atoms with Crippen LogP contribution in [0.15, 0.2) is 60.7 Å². The molecular formula is C39H38ClF2N7O3. The highest BCUT2D eigenvalue weighted by Crippen LogP contribution is 2.32. The molecular weight excluding hydrogens is 688 g/mol. The lowest BCUT2D eigenvalue weighted by Crippen LogP contribution is -2.35. The van der Waals surface area contributed by atoms with Crippen molar-refractivity contribution in [3.8, 4) is 5.88 Å². The van der Waals surface area contributed by atoms with Crippen molar-refractivity contribution in [1.29, 1.82) is 0 Å². The fourth-order valence-corrected chi connectivity index (χ4v) is 7.30. The van der Waals surface area contributed by atoms with E-state index in [4.69, 9.17) is 31.0 Å². The lowest BCUT2D eigenvalue weighted by Gasteiger charge is -2.32. The van der Waals surface area contributed by atoms with Crippen molar-refractivity contribution >= 4 is 45.1 Å². The van der Waals surface area contributed by atoms with Crippen LogP contribution in [0.25, 0.3) is 21.9 Å². The molecule has 0 bridgehead atoms. The maximum absolute atomic E-state index is 15.4. The summed E-state index contributed by atoms with van der Waals surface area (Å²) in [6.07, 6.45) is 2.94. The quantitative estimate of drug-likeness (QED) is 0.148. The SMILES string of the molecule is Cc1cc(NC(=O)c2ccc3c(c2)nc(CN2CCC(c4cccc(OCc5ccc(Cl)cc5F)n4)CC2)n3C[C@@H]2CCO2)c(F)c2c(C)[nH]nc12. The number of nitrogens with one attached hydrogen (secondary N) is 2. The number of halogens is 3. The number of hydrogen-bond donors (Lipinski definition) is 2. The number of H-pyrrole nitrogens is 1. The first-order valence-corrected chi connectivity index (χ1v) is 17.9. The summed E-state index contributed by atoms with van der Waals surface area (Å²) in [5, 5.41) is 10.5. The van der Waals surface area contributed by atoms with Gasteiger partial charge >= 0.3 is 0 Å². The maximum atomic E-state index is 15.4. The van der Waals surface area contributed by atoms with E-state index in [1.807, 2.05) is 25.1 Å². The number of aromatic amines is 1. The van der Waals surface area contributed by atoms with E-state index < -0.39 is 17.5 Å². The molecule has 8 rings (SSSR count). The molecule has 2 saturated heterocycles. The van der Waals surface area contributed by atoms with Crippen molar-refractivity contribution in [2.45, 2.75) is 64.8 Å². The average molecular weight is 726 g/mol. The molecule has 0 spiro atoms. The number of amides is 1. The van der Waals surface area contributed by atoms with Gasteiger partial charge in [-0.15, -0.1) is 0 Å². The van der Waals surface area contributed by atoms with Crippen molar-refractivity contribution in [1.82, 2.24) is 29.6 Å². The largest absolute Gasteiger partial charge is 0.473 e. The number of carbonyl (C=O) groups excluding carboxylic acids is 1. The minimum absolute atomic E-state index is 0.0667. The van der Waals surface area contributed by atoms with Crippen molar-refractivity contribution in [3.63, 3.8) is 0 Å². The number of piperidine rings is 1. The number of benzene rings is 3. The van der Waals surface area contributed by atoms with Crippen LogP contribution in [0.2, 0.25) is 5.02 Å². The van der Waals surface area contributed by atoms with E-state index in [0.717, 1.165) is 61.6 Å². The average Bonchev–Trinajstić information content (AvgIpc) is 3.68. The van der Waals surface area contributed by atoms with E-state index >= 15 is 4.39 Å². The molecule has 13 heteroatoms. The Balaban J connectivity index is 0.954. The Morgan fingerprint density at radius 3 is 2.65 bits per heavy atom. The molecule has 2 N–H and O–H groups in total. The number of likely N-dealkylation sites (tertiary alicyclic amines) is 1. The Kier molecular flexibility index (Phi) is 9.37. The minimum Gasteiger partial charge on any atom is -0.473 e. The molecule has 5 heterocycles. The molecule has 10 nitrogen and oxygen atoms in total. The third kappa shape index (κ3) is 6.85. The zero-order chi connectivity index (χ0) is 35.9. The van der Waals surface area contributed by atoms with Crippen LogP contribution in [0.4, 0.5) is 14.5 Å². The van der Waals surface area contributed by atoms with E-state index in [0.29, 0.717) is 57.2 Å². The van der Waals surface area contributed by atoms with E-state index in [-0.39, 0.29) is 24.3 Å². The predicted molar refractivity (Wildman–Crippen MR) is 195 cm³/mol. The van der Waals surface area contributed by atoms with Gasteiger partial charge in [0.1, 0.15) is 18.2 Å². The Hall–Kier alpha value is -4.91. The molecule has 268 valence electrons. The summed E-state index contributed by atoms with van der Waals surface area (Å²) in [7, 11) is 0. The number of aryl methyl sites for hydroxylation is 2. The molecule has 2 aliphatic heterocycles. The zero-order valence-electron chi connectivity index (χ0n) is 28.9. The Morgan fingerprint density at radius 2 is 1.88 bits per heavy atom. The van der Waals surface area contributed by atoms with Gasteiger partial charge < -0.3 is 19.4 Å². The number of fused-ring (bicyclic) bond motifs is 2. The van der Waals surface area contributed by atoms with Crippen molar-refractivity contribution in [3.05, 3.63) is 111 Å². The minimum atomic E-state index is -0.514. The Morgan fingerprint density at radius 1 is 1.06 bits per heavy atom. The normalized spacial score (nSPS) is 16.8. The number of pyridine rings is 1. The summed E-state index contributed by atoms with van der Waals surface area (Å²) in [5.41, 5.74) is 5.43. The van der Waals surface area contributed by atoms with Crippen LogP contribution < -0.4 is 10.1 Å². The molecule has 52 heavy (non-hydrogen) atoms. The molecule has 1 amide bonds. The van der Waals surface area contributed by atoms with Crippen LogP contribution in [-0.4, -0.2) is 61.3 Å². The number of anilines is 1. The third-order valence-electron chi connectivity index (χ3n) is 10.2. The number of ether oxygens (including phenoxy) is 2. The Labute approximate surface area is 304 Å². The highest BCUT2D eigenvalue weighted by atomic mass is 35.5. The third-order valence-corrected chi connectivity index (χ3v) is 10.4. The van der Waals surface area contributed by atoms with Gasteiger partial charge in [-0.1, -0.05) is 23.7 Å². The highest BCUT2D eigenvalue weighted by Gasteiger charge is 2.27. The van der Waals surface area contributed by atoms with Crippen molar-refractivity contribution in [2.75, 3.05) is 25.0 Å². The van der Waals surface area contributed by atoms with Gasteiger partial charge in [0.25, 0.3) is 5.91 Å². The first-order valence-electron chi connectivity index (χ1n) is 17.5. The van der Waals surface area contributed by atoms with Gasteiger partial charge in [-0.2, -0.15) is 5.10 Å². The lowest BCUT2D eigenvalue weighted by molar-refractivity contribution is -0.0592. The fourth-order valence-electron chi connectivity index (χ4n) is 7.14. The Bertz CT molecular complexity index is 2300. The van der Waals surface area contributed by atoms with E-state index in [1.165, 1.54) is 6.07 Å². The van der Waals surface area contributed by atoms with E-state index in [1.54, 1.807) is 43.3 Å². The van der Waals surface area contributed by atoms with Gasteiger partial charge in [0.05, 0.1) is 46.8 Å². The van der Waals surface area contributed by atoms with Crippen molar-refractivity contribution < 1.29 is 23.0 Å². The van der Waals surface area contributed by atoms with Gasteiger partial charge in [-0.25, -0.2) is 18.7 Å². The van der Waals surface area contributed by atoms with Gasteiger partial charge in [0.15, 0.2) is 5.82 Å². The number of imidazole rings is 1. The fraction of sp³-hybridized carbons (Fsp3) is 0.333. The number of nitrogens with zero attached hydrogens (tertiary/aromatic N) is 5. The maximum Gasteiger partial charge on any atom is 0.255 e. The summed E-state index contributed by atoms with van der Waals surface area (Å²) in [6, 6.07) is 17.3. The van der Waals surface area contributed by atoms with Gasteiger partial charge in [-0.05, 0) is 94.2 Å². The topological polar surface area (TPSA) is 110 Å². The molecule has 2 aliphatic rings. The summed E-state index contributed by atoms with van der Waals surface area (Å²) in [4.78, 5) is 25.6. The molecule has 6 aromatic rings. The van der Waals surface area contributed by atoms with Crippen LogP contribution in [0.3, 0.4) is 0 Å². The molecule has 0 radical (unpaired) electrons. The second-order valence-corrected chi connectivity index (χ2v) is 14.1. The lowest BCUT2D eigenvalue weighted by atomic mass is 9.93. The first-order chi connectivity index (χ1) is 25.2. The monoisotopic (exact) mass is 725 g/mol. The van der Waals surface area contributed by atoms with E-state index in [2.05, 4.69) is 25.0 Å².